The summed E-state index contributed by atoms with van der Waals surface area (Å²) in [4.78, 5) is 16.8. The lowest BCUT2D eigenvalue weighted by Gasteiger charge is -2.35. The van der Waals surface area contributed by atoms with Crippen molar-refractivity contribution in [3.05, 3.63) is 64.5 Å². The molecular formula is C23H29FN2O2. The number of aryl methyl sites for hydroxylation is 3. The second-order valence-electron chi connectivity index (χ2n) is 7.56. The van der Waals surface area contributed by atoms with Crippen molar-refractivity contribution in [3.8, 4) is 5.75 Å². The third-order valence-corrected chi connectivity index (χ3v) is 5.45. The van der Waals surface area contributed by atoms with E-state index in [9.17, 15) is 9.18 Å². The first-order valence-corrected chi connectivity index (χ1v) is 9.85. The number of hydrogen-bond acceptors (Lipinski definition) is 3. The predicted octanol–water partition coefficient (Wildman–Crippen LogP) is 3.73. The van der Waals surface area contributed by atoms with E-state index in [1.165, 1.54) is 29.9 Å². The Kier molecular flexibility index (Phi) is 6.68. The van der Waals surface area contributed by atoms with Gasteiger partial charge in [0.05, 0.1) is 7.11 Å². The van der Waals surface area contributed by atoms with Gasteiger partial charge in [-0.25, -0.2) is 4.39 Å². The number of benzene rings is 2. The Balaban J connectivity index is 1.46. The number of halogens is 1. The minimum atomic E-state index is -0.333. The van der Waals surface area contributed by atoms with Gasteiger partial charge in [0.1, 0.15) is 0 Å². The molecule has 0 atom stereocenters. The molecule has 2 aromatic rings. The predicted molar refractivity (Wildman–Crippen MR) is 109 cm³/mol. The van der Waals surface area contributed by atoms with E-state index in [0.29, 0.717) is 13.0 Å². The van der Waals surface area contributed by atoms with E-state index in [-0.39, 0.29) is 17.5 Å². The average Bonchev–Trinajstić information content (AvgIpc) is 2.68. The highest BCUT2D eigenvalue weighted by Crippen LogP contribution is 2.19. The molecule has 0 bridgehead atoms. The Labute approximate surface area is 166 Å². The van der Waals surface area contributed by atoms with Gasteiger partial charge in [-0.2, -0.15) is 0 Å². The van der Waals surface area contributed by atoms with Crippen molar-refractivity contribution in [2.45, 2.75) is 33.2 Å². The topological polar surface area (TPSA) is 32.8 Å². The van der Waals surface area contributed by atoms with Crippen LogP contribution in [0.2, 0.25) is 0 Å². The molecule has 0 aromatic heterocycles. The number of rotatable bonds is 6. The zero-order valence-electron chi connectivity index (χ0n) is 17.0. The molecule has 0 aliphatic carbocycles. The largest absolute Gasteiger partial charge is 0.494 e. The molecule has 1 saturated heterocycles. The molecule has 3 rings (SSSR count). The highest BCUT2D eigenvalue weighted by molar-refractivity contribution is 5.76. The van der Waals surface area contributed by atoms with Gasteiger partial charge in [0, 0.05) is 39.1 Å². The summed E-state index contributed by atoms with van der Waals surface area (Å²) in [5.41, 5.74) is 4.68. The van der Waals surface area contributed by atoms with Crippen molar-refractivity contribution in [3.63, 3.8) is 0 Å². The number of piperazine rings is 1. The molecule has 1 aliphatic rings. The lowest BCUT2D eigenvalue weighted by atomic mass is 10.0. The Morgan fingerprint density at radius 3 is 2.46 bits per heavy atom. The highest BCUT2D eigenvalue weighted by Gasteiger charge is 2.21. The second kappa shape index (κ2) is 9.20. The Hall–Kier alpha value is -2.40. The third kappa shape index (κ3) is 5.10. The van der Waals surface area contributed by atoms with Crippen LogP contribution in [-0.4, -0.2) is 49.0 Å². The van der Waals surface area contributed by atoms with Gasteiger partial charge in [-0.3, -0.25) is 9.69 Å². The van der Waals surface area contributed by atoms with Gasteiger partial charge in [0.2, 0.25) is 5.91 Å². The minimum Gasteiger partial charge on any atom is -0.494 e. The molecule has 28 heavy (non-hydrogen) atoms. The number of carbonyl (C=O) groups is 1. The molecule has 1 amide bonds. The molecule has 0 saturated carbocycles. The van der Waals surface area contributed by atoms with Crippen LogP contribution in [0.4, 0.5) is 4.39 Å². The van der Waals surface area contributed by atoms with E-state index in [0.717, 1.165) is 38.2 Å². The lowest BCUT2D eigenvalue weighted by Crippen LogP contribution is -2.48. The summed E-state index contributed by atoms with van der Waals surface area (Å²) < 4.78 is 18.8. The Bertz CT molecular complexity index is 829. The average molecular weight is 384 g/mol. The fraction of sp³-hybridized carbons (Fsp3) is 0.435. The molecule has 0 N–H and O–H groups in total. The lowest BCUT2D eigenvalue weighted by molar-refractivity contribution is -0.133. The van der Waals surface area contributed by atoms with Crippen LogP contribution in [0.15, 0.2) is 36.4 Å². The summed E-state index contributed by atoms with van der Waals surface area (Å²) in [5, 5.41) is 0. The van der Waals surface area contributed by atoms with E-state index >= 15 is 0 Å². The van der Waals surface area contributed by atoms with E-state index in [1.807, 2.05) is 11.0 Å². The zero-order valence-corrected chi connectivity index (χ0v) is 17.0. The molecule has 0 spiro atoms. The van der Waals surface area contributed by atoms with Gasteiger partial charge >= 0.3 is 0 Å². The van der Waals surface area contributed by atoms with Gasteiger partial charge in [0.25, 0.3) is 0 Å². The van der Waals surface area contributed by atoms with Crippen LogP contribution in [0.3, 0.4) is 0 Å². The van der Waals surface area contributed by atoms with Crippen LogP contribution in [0.5, 0.6) is 5.75 Å². The monoisotopic (exact) mass is 384 g/mol. The number of amides is 1. The number of methoxy groups -OCH3 is 1. The van der Waals surface area contributed by atoms with Crippen LogP contribution in [0.1, 0.15) is 28.7 Å². The molecule has 1 aliphatic heterocycles. The van der Waals surface area contributed by atoms with Gasteiger partial charge in [-0.1, -0.05) is 29.8 Å². The number of hydrogen-bond donors (Lipinski definition) is 0. The Morgan fingerprint density at radius 2 is 1.82 bits per heavy atom. The van der Waals surface area contributed by atoms with Crippen molar-refractivity contribution in [1.82, 2.24) is 9.80 Å². The molecular weight excluding hydrogens is 355 g/mol. The normalized spacial score (nSPS) is 14.9. The van der Waals surface area contributed by atoms with Crippen molar-refractivity contribution < 1.29 is 13.9 Å². The molecule has 4 nitrogen and oxygen atoms in total. The first-order valence-electron chi connectivity index (χ1n) is 9.85. The second-order valence-corrected chi connectivity index (χ2v) is 7.56. The van der Waals surface area contributed by atoms with Crippen molar-refractivity contribution in [1.29, 1.82) is 0 Å². The van der Waals surface area contributed by atoms with E-state index < -0.39 is 0 Å². The third-order valence-electron chi connectivity index (χ3n) is 5.45. The summed E-state index contributed by atoms with van der Waals surface area (Å²) >= 11 is 0. The quantitative estimate of drug-likeness (QED) is 0.761. The maximum absolute atomic E-state index is 13.9. The molecule has 2 aromatic carbocycles. The molecule has 1 fully saturated rings. The van der Waals surface area contributed by atoms with E-state index in [1.54, 1.807) is 6.07 Å². The summed E-state index contributed by atoms with van der Waals surface area (Å²) in [6.45, 7) is 7.95. The minimum absolute atomic E-state index is 0.218. The number of nitrogens with zero attached hydrogens (tertiary/aromatic N) is 2. The number of carbonyl (C=O) groups excluding carboxylic acids is 1. The van der Waals surface area contributed by atoms with Gasteiger partial charge in [-0.05, 0) is 49.1 Å². The molecule has 150 valence electrons. The first kappa shape index (κ1) is 20.3. The van der Waals surface area contributed by atoms with Crippen LogP contribution >= 0.6 is 0 Å². The van der Waals surface area contributed by atoms with Crippen molar-refractivity contribution in [2.24, 2.45) is 0 Å². The summed E-state index contributed by atoms with van der Waals surface area (Å²) in [5.74, 6) is 0.151. The maximum atomic E-state index is 13.9. The summed E-state index contributed by atoms with van der Waals surface area (Å²) in [6.07, 6.45) is 1.34. The van der Waals surface area contributed by atoms with Crippen LogP contribution < -0.4 is 4.74 Å². The summed E-state index contributed by atoms with van der Waals surface area (Å²) in [7, 11) is 1.47. The fourth-order valence-corrected chi connectivity index (χ4v) is 3.75. The molecule has 0 radical (unpaired) electrons. The van der Waals surface area contributed by atoms with Gasteiger partial charge in [-0.15, -0.1) is 0 Å². The zero-order chi connectivity index (χ0) is 20.1. The smallest absolute Gasteiger partial charge is 0.222 e. The van der Waals surface area contributed by atoms with Gasteiger partial charge in [0.15, 0.2) is 11.6 Å². The molecule has 1 heterocycles. The SMILES string of the molecule is COc1ccc(CN2CCN(C(=O)CCc3ccc(C)cc3C)CC2)cc1F. The van der Waals surface area contributed by atoms with Crippen molar-refractivity contribution >= 4 is 5.91 Å². The van der Waals surface area contributed by atoms with Crippen LogP contribution in [0, 0.1) is 19.7 Å². The number of ether oxygens (including phenoxy) is 1. The standard InChI is InChI=1S/C23H29FN2O2/c1-17-4-6-20(18(2)14-17)7-9-23(27)26-12-10-25(11-13-26)16-19-5-8-22(28-3)21(24)15-19/h4-6,8,14-15H,7,9-13,16H2,1-3H3. The van der Waals surface area contributed by atoms with Gasteiger partial charge < -0.3 is 9.64 Å². The van der Waals surface area contributed by atoms with E-state index in [2.05, 4.69) is 36.9 Å². The highest BCUT2D eigenvalue weighted by atomic mass is 19.1. The maximum Gasteiger partial charge on any atom is 0.222 e. The first-order chi connectivity index (χ1) is 13.5. The van der Waals surface area contributed by atoms with Crippen LogP contribution in [0.25, 0.3) is 0 Å². The van der Waals surface area contributed by atoms with E-state index in [4.69, 9.17) is 4.74 Å². The fourth-order valence-electron chi connectivity index (χ4n) is 3.75. The summed E-state index contributed by atoms with van der Waals surface area (Å²) in [6, 6.07) is 11.5. The van der Waals surface area contributed by atoms with Crippen LogP contribution in [-0.2, 0) is 17.8 Å². The molecule has 5 heteroatoms. The molecule has 0 unspecified atom stereocenters. The Morgan fingerprint density at radius 1 is 1.07 bits per heavy atom. The van der Waals surface area contributed by atoms with Crippen molar-refractivity contribution in [2.75, 3.05) is 33.3 Å².